The number of amides is 1. The Morgan fingerprint density at radius 3 is 2.64 bits per heavy atom. The SMILES string of the molecule is COc1ccc(-c2ccc3cnc(CNC(=O)c4cc(Cl)c5c(c4)S(=O)(=O)[C@@H](F)COC5)cc3n2)nc1[C@@H]1CC1(F)F. The van der Waals surface area contributed by atoms with Gasteiger partial charge in [0.1, 0.15) is 5.75 Å². The van der Waals surface area contributed by atoms with Gasteiger partial charge in [-0.2, -0.15) is 0 Å². The van der Waals surface area contributed by atoms with E-state index in [0.717, 1.165) is 6.07 Å². The Hall–Kier alpha value is -3.81. The fourth-order valence-corrected chi connectivity index (χ4v) is 6.41. The molecule has 0 unspecified atom stereocenters. The van der Waals surface area contributed by atoms with Crippen LogP contribution in [0.15, 0.2) is 53.6 Å². The van der Waals surface area contributed by atoms with E-state index in [2.05, 4.69) is 20.3 Å². The predicted octanol–water partition coefficient (Wildman–Crippen LogP) is 5.01. The molecule has 1 fully saturated rings. The Labute approximate surface area is 243 Å². The van der Waals surface area contributed by atoms with E-state index in [1.807, 2.05) is 0 Å². The largest absolute Gasteiger partial charge is 0.495 e. The lowest BCUT2D eigenvalue weighted by molar-refractivity contribution is 0.0947. The van der Waals surface area contributed by atoms with Crippen molar-refractivity contribution >= 4 is 38.2 Å². The predicted molar refractivity (Wildman–Crippen MR) is 146 cm³/mol. The average Bonchev–Trinajstić information content (AvgIpc) is 3.64. The second kappa shape index (κ2) is 10.5. The van der Waals surface area contributed by atoms with Crippen LogP contribution in [0.25, 0.3) is 22.3 Å². The van der Waals surface area contributed by atoms with Crippen molar-refractivity contribution in [2.75, 3.05) is 13.7 Å². The van der Waals surface area contributed by atoms with Gasteiger partial charge < -0.3 is 14.8 Å². The van der Waals surface area contributed by atoms with Crippen LogP contribution in [0.2, 0.25) is 5.02 Å². The Morgan fingerprint density at radius 2 is 1.90 bits per heavy atom. The summed E-state index contributed by atoms with van der Waals surface area (Å²) < 4.78 is 77.3. The lowest BCUT2D eigenvalue weighted by atomic mass is 10.1. The van der Waals surface area contributed by atoms with Gasteiger partial charge in [-0.25, -0.2) is 31.6 Å². The number of sulfone groups is 1. The van der Waals surface area contributed by atoms with Crippen molar-refractivity contribution in [2.24, 2.45) is 0 Å². The molecular formula is C28H22ClF3N4O5S. The number of fused-ring (bicyclic) bond motifs is 2. The number of pyridine rings is 3. The summed E-state index contributed by atoms with van der Waals surface area (Å²) in [6.07, 6.45) is 1.28. The summed E-state index contributed by atoms with van der Waals surface area (Å²) in [4.78, 5) is 25.9. The maximum atomic E-state index is 14.2. The van der Waals surface area contributed by atoms with E-state index in [9.17, 15) is 26.4 Å². The van der Waals surface area contributed by atoms with Gasteiger partial charge in [0.05, 0.1) is 66.0 Å². The van der Waals surface area contributed by atoms with Crippen LogP contribution in [0.3, 0.4) is 0 Å². The Morgan fingerprint density at radius 1 is 1.17 bits per heavy atom. The van der Waals surface area contributed by atoms with Crippen molar-refractivity contribution in [1.82, 2.24) is 20.3 Å². The molecule has 9 nitrogen and oxygen atoms in total. The van der Waals surface area contributed by atoms with Crippen molar-refractivity contribution in [1.29, 1.82) is 0 Å². The van der Waals surface area contributed by atoms with Crippen LogP contribution < -0.4 is 10.1 Å². The molecule has 1 aromatic carbocycles. The molecule has 218 valence electrons. The molecule has 2 atom stereocenters. The van der Waals surface area contributed by atoms with E-state index < -0.39 is 39.7 Å². The highest BCUT2D eigenvalue weighted by atomic mass is 35.5. The minimum absolute atomic E-state index is 0.0309. The zero-order chi connectivity index (χ0) is 29.8. The molecule has 6 rings (SSSR count). The average molecular weight is 619 g/mol. The number of alkyl halides is 3. The highest BCUT2D eigenvalue weighted by Crippen LogP contribution is 2.57. The monoisotopic (exact) mass is 618 g/mol. The summed E-state index contributed by atoms with van der Waals surface area (Å²) in [7, 11) is -2.99. The fraction of sp³-hybridized carbons (Fsp3) is 0.286. The summed E-state index contributed by atoms with van der Waals surface area (Å²) in [5.74, 6) is -4.18. The number of hydrogen-bond acceptors (Lipinski definition) is 8. The summed E-state index contributed by atoms with van der Waals surface area (Å²) in [6, 6.07) is 10.7. The summed E-state index contributed by atoms with van der Waals surface area (Å²) in [6.45, 7) is -0.880. The minimum Gasteiger partial charge on any atom is -0.495 e. The second-order valence-corrected chi connectivity index (χ2v) is 12.4. The molecule has 0 spiro atoms. The lowest BCUT2D eigenvalue weighted by Crippen LogP contribution is -2.24. The van der Waals surface area contributed by atoms with Crippen molar-refractivity contribution in [2.45, 2.75) is 41.8 Å². The second-order valence-electron chi connectivity index (χ2n) is 9.95. The standard InChI is InChI=1S/C28H22ClF3N4O5S/c1-40-23-5-4-21(36-26(23)18-9-28(18,31)32)20-3-2-14-10-33-16(8-22(14)35-20)11-34-27(37)15-6-19(29)17-12-41-13-25(30)42(38,39)24(17)7-15/h2-8,10,18,25H,9,11-13H2,1H3,(H,34,37)/t18-,25+/m0/s1. The molecule has 42 heavy (non-hydrogen) atoms. The Bertz CT molecular complexity index is 1860. The molecule has 4 heterocycles. The zero-order valence-electron chi connectivity index (χ0n) is 21.9. The summed E-state index contributed by atoms with van der Waals surface area (Å²) >= 11 is 6.23. The normalized spacial score (nSPS) is 20.4. The third-order valence-electron chi connectivity index (χ3n) is 7.14. The molecule has 14 heteroatoms. The van der Waals surface area contributed by atoms with Gasteiger partial charge in [-0.1, -0.05) is 11.6 Å². The molecule has 3 aromatic heterocycles. The lowest BCUT2D eigenvalue weighted by Gasteiger charge is -2.12. The first-order valence-electron chi connectivity index (χ1n) is 12.7. The van der Waals surface area contributed by atoms with Gasteiger partial charge in [0.2, 0.25) is 15.3 Å². The van der Waals surface area contributed by atoms with E-state index in [4.69, 9.17) is 21.1 Å². The van der Waals surface area contributed by atoms with Crippen LogP contribution in [0, 0.1) is 0 Å². The third kappa shape index (κ3) is 5.16. The number of ether oxygens (including phenoxy) is 2. The number of hydrogen-bond donors (Lipinski definition) is 1. The number of carbonyl (C=O) groups is 1. The first-order valence-corrected chi connectivity index (χ1v) is 14.7. The van der Waals surface area contributed by atoms with Gasteiger partial charge in [-0.15, -0.1) is 0 Å². The van der Waals surface area contributed by atoms with Crippen LogP contribution in [0.4, 0.5) is 13.2 Å². The molecule has 1 aliphatic carbocycles. The van der Waals surface area contributed by atoms with Crippen LogP contribution in [-0.4, -0.2) is 54.4 Å². The Balaban J connectivity index is 1.24. The zero-order valence-corrected chi connectivity index (χ0v) is 23.5. The molecule has 1 aliphatic heterocycles. The first kappa shape index (κ1) is 28.3. The van der Waals surface area contributed by atoms with Crippen molar-refractivity contribution in [3.8, 4) is 17.1 Å². The smallest absolute Gasteiger partial charge is 0.257 e. The third-order valence-corrected chi connectivity index (χ3v) is 9.26. The van der Waals surface area contributed by atoms with Gasteiger partial charge in [-0.3, -0.25) is 9.78 Å². The van der Waals surface area contributed by atoms with Crippen molar-refractivity contribution in [3.63, 3.8) is 0 Å². The topological polar surface area (TPSA) is 120 Å². The van der Waals surface area contributed by atoms with Gasteiger partial charge in [-0.05, 0) is 42.5 Å². The van der Waals surface area contributed by atoms with Crippen molar-refractivity contribution < 1.29 is 35.9 Å². The van der Waals surface area contributed by atoms with Crippen LogP contribution in [-0.2, 0) is 27.7 Å². The first-order chi connectivity index (χ1) is 20.0. The maximum Gasteiger partial charge on any atom is 0.257 e. The van der Waals surface area contributed by atoms with Crippen molar-refractivity contribution in [3.05, 3.63) is 76.2 Å². The number of benzene rings is 1. The van der Waals surface area contributed by atoms with Crippen LogP contribution in [0.1, 0.15) is 39.6 Å². The fourth-order valence-electron chi connectivity index (χ4n) is 4.72. The van der Waals surface area contributed by atoms with E-state index in [0.29, 0.717) is 28.0 Å². The quantitative estimate of drug-likeness (QED) is 0.320. The van der Waals surface area contributed by atoms with E-state index >= 15 is 0 Å². The molecule has 0 bridgehead atoms. The number of nitrogens with one attached hydrogen (secondary N) is 1. The molecule has 0 radical (unpaired) electrons. The number of rotatable bonds is 6. The van der Waals surface area contributed by atoms with E-state index in [1.165, 1.54) is 13.2 Å². The summed E-state index contributed by atoms with van der Waals surface area (Å²) in [5, 5.41) is 3.32. The van der Waals surface area contributed by atoms with Gasteiger partial charge in [0, 0.05) is 34.2 Å². The van der Waals surface area contributed by atoms with Crippen LogP contribution >= 0.6 is 11.6 Å². The number of aromatic nitrogens is 3. The highest BCUT2D eigenvalue weighted by Gasteiger charge is 2.59. The molecule has 1 amide bonds. The van der Waals surface area contributed by atoms with Gasteiger partial charge in [0.25, 0.3) is 11.8 Å². The molecule has 0 saturated heterocycles. The van der Waals surface area contributed by atoms with E-state index in [-0.39, 0.29) is 52.1 Å². The molecule has 4 aromatic rings. The number of carbonyl (C=O) groups excluding carboxylic acids is 1. The molecule has 1 saturated carbocycles. The number of nitrogens with zero attached hydrogens (tertiary/aromatic N) is 3. The van der Waals surface area contributed by atoms with Gasteiger partial charge in [0.15, 0.2) is 0 Å². The molecule has 2 aliphatic rings. The summed E-state index contributed by atoms with van der Waals surface area (Å²) in [5.41, 5.74) is -0.258. The highest BCUT2D eigenvalue weighted by molar-refractivity contribution is 7.92. The van der Waals surface area contributed by atoms with Crippen LogP contribution in [0.5, 0.6) is 5.75 Å². The minimum atomic E-state index is -4.39. The number of methoxy groups -OCH3 is 1. The maximum absolute atomic E-state index is 14.2. The van der Waals surface area contributed by atoms with E-state index in [1.54, 1.807) is 36.5 Å². The Kier molecular flexibility index (Phi) is 7.06. The van der Waals surface area contributed by atoms with Gasteiger partial charge >= 0.3 is 0 Å². The molecule has 1 N–H and O–H groups in total. The number of halogens is 4. The molecular weight excluding hydrogens is 597 g/mol.